The van der Waals surface area contributed by atoms with Gasteiger partial charge in [-0.05, 0) is 62.3 Å². The van der Waals surface area contributed by atoms with Crippen molar-refractivity contribution in [3.8, 4) is 5.69 Å². The number of likely N-dealkylation sites (tertiary alicyclic amines) is 1. The highest BCUT2D eigenvalue weighted by Crippen LogP contribution is 2.26. The average Bonchev–Trinajstić information content (AvgIpc) is 3.37. The molecule has 8 heteroatoms. The molecule has 0 N–H and O–H groups in total. The second kappa shape index (κ2) is 8.57. The van der Waals surface area contributed by atoms with Crippen LogP contribution in [0.25, 0.3) is 11.3 Å². The van der Waals surface area contributed by atoms with Crippen LogP contribution in [0, 0.1) is 5.82 Å². The Morgan fingerprint density at radius 3 is 2.60 bits per heavy atom. The maximum Gasteiger partial charge on any atom is 0.196 e. The highest BCUT2D eigenvalue weighted by molar-refractivity contribution is 7.98. The predicted molar refractivity (Wildman–Crippen MR) is 115 cm³/mol. The zero-order valence-corrected chi connectivity index (χ0v) is 17.4. The zero-order valence-electron chi connectivity index (χ0n) is 16.6. The highest BCUT2D eigenvalue weighted by atomic mass is 32.2. The van der Waals surface area contributed by atoms with E-state index in [-0.39, 0.29) is 5.82 Å². The van der Waals surface area contributed by atoms with E-state index in [1.165, 1.54) is 31.4 Å². The Morgan fingerprint density at radius 1 is 0.967 bits per heavy atom. The van der Waals surface area contributed by atoms with Crippen LogP contribution in [0.15, 0.2) is 60.0 Å². The number of aromatic nitrogens is 5. The van der Waals surface area contributed by atoms with Crippen LogP contribution in [0.5, 0.6) is 0 Å². The Hall–Kier alpha value is -2.71. The van der Waals surface area contributed by atoms with Crippen molar-refractivity contribution in [3.05, 3.63) is 72.2 Å². The molecule has 4 heterocycles. The molecule has 0 aliphatic carbocycles. The van der Waals surface area contributed by atoms with Gasteiger partial charge in [0.25, 0.3) is 0 Å². The third-order valence-electron chi connectivity index (χ3n) is 5.36. The van der Waals surface area contributed by atoms with Gasteiger partial charge >= 0.3 is 0 Å². The van der Waals surface area contributed by atoms with Crippen molar-refractivity contribution in [1.29, 1.82) is 0 Å². The van der Waals surface area contributed by atoms with E-state index in [1.54, 1.807) is 23.9 Å². The van der Waals surface area contributed by atoms with E-state index < -0.39 is 0 Å². The summed E-state index contributed by atoms with van der Waals surface area (Å²) in [4.78, 5) is 7.09. The summed E-state index contributed by atoms with van der Waals surface area (Å²) in [6.07, 6.45) is 7.77. The van der Waals surface area contributed by atoms with Crippen LogP contribution in [-0.2, 0) is 12.3 Å². The minimum absolute atomic E-state index is 0.247. The summed E-state index contributed by atoms with van der Waals surface area (Å²) >= 11 is 1.60. The summed E-state index contributed by atoms with van der Waals surface area (Å²) in [5, 5.41) is 9.76. The van der Waals surface area contributed by atoms with Crippen molar-refractivity contribution in [3.63, 3.8) is 0 Å². The molecule has 1 aliphatic heterocycles. The Bertz CT molecular complexity index is 1100. The van der Waals surface area contributed by atoms with E-state index >= 15 is 0 Å². The quantitative estimate of drug-likeness (QED) is 0.433. The van der Waals surface area contributed by atoms with Gasteiger partial charge in [0.15, 0.2) is 11.0 Å². The standard InChI is InChI=1S/C22H23FN6S/c23-17-7-9-19(10-8-17)29-21(15-27-11-3-1-4-12-27)25-26-22(29)30-16-18-14-28-13-5-2-6-20(28)24-18/h2,5-10,13-14H,1,3-4,11-12,15-16H2. The number of benzene rings is 1. The molecule has 0 radical (unpaired) electrons. The van der Waals surface area contributed by atoms with Crippen LogP contribution >= 0.6 is 11.8 Å². The first-order valence-electron chi connectivity index (χ1n) is 10.2. The molecule has 5 rings (SSSR count). The van der Waals surface area contributed by atoms with Gasteiger partial charge in [-0.25, -0.2) is 9.37 Å². The Kier molecular flexibility index (Phi) is 5.50. The lowest BCUT2D eigenvalue weighted by Crippen LogP contribution is -2.30. The summed E-state index contributed by atoms with van der Waals surface area (Å²) in [6.45, 7) is 2.92. The first-order chi connectivity index (χ1) is 14.8. The summed E-state index contributed by atoms with van der Waals surface area (Å²) < 4.78 is 17.6. The molecular weight excluding hydrogens is 399 g/mol. The maximum atomic E-state index is 13.5. The number of pyridine rings is 1. The fourth-order valence-corrected chi connectivity index (χ4v) is 4.71. The van der Waals surface area contributed by atoms with Crippen molar-refractivity contribution in [2.45, 2.75) is 36.7 Å². The van der Waals surface area contributed by atoms with Gasteiger partial charge in [-0.3, -0.25) is 9.47 Å². The highest BCUT2D eigenvalue weighted by Gasteiger charge is 2.19. The van der Waals surface area contributed by atoms with Gasteiger partial charge in [-0.15, -0.1) is 10.2 Å². The van der Waals surface area contributed by atoms with E-state index in [4.69, 9.17) is 0 Å². The van der Waals surface area contributed by atoms with E-state index in [2.05, 4.69) is 24.6 Å². The lowest BCUT2D eigenvalue weighted by molar-refractivity contribution is 0.214. The summed E-state index contributed by atoms with van der Waals surface area (Å²) in [5.41, 5.74) is 2.79. The van der Waals surface area contributed by atoms with Gasteiger partial charge in [0.2, 0.25) is 0 Å². The molecule has 3 aromatic heterocycles. The first kappa shape index (κ1) is 19.3. The SMILES string of the molecule is Fc1ccc(-n2c(CN3CCCCC3)nnc2SCc2cn3ccccc3n2)cc1. The smallest absolute Gasteiger partial charge is 0.196 e. The molecule has 1 saturated heterocycles. The first-order valence-corrected chi connectivity index (χ1v) is 11.2. The van der Waals surface area contributed by atoms with E-state index in [9.17, 15) is 4.39 Å². The second-order valence-corrected chi connectivity index (χ2v) is 8.48. The molecule has 1 fully saturated rings. The summed E-state index contributed by atoms with van der Waals surface area (Å²) in [6, 6.07) is 12.5. The summed E-state index contributed by atoms with van der Waals surface area (Å²) in [5.74, 6) is 1.33. The minimum atomic E-state index is -0.247. The molecule has 4 aromatic rings. The molecule has 1 aliphatic rings. The van der Waals surface area contributed by atoms with Crippen LogP contribution in [0.4, 0.5) is 4.39 Å². The number of nitrogens with zero attached hydrogens (tertiary/aromatic N) is 6. The van der Waals surface area contributed by atoms with Crippen molar-refractivity contribution >= 4 is 17.4 Å². The van der Waals surface area contributed by atoms with Gasteiger partial charge < -0.3 is 4.40 Å². The normalized spacial score (nSPS) is 15.1. The predicted octanol–water partition coefficient (Wildman–Crippen LogP) is 4.33. The molecule has 0 spiro atoms. The molecule has 0 saturated carbocycles. The second-order valence-electron chi connectivity index (χ2n) is 7.53. The topological polar surface area (TPSA) is 51.2 Å². The summed E-state index contributed by atoms with van der Waals surface area (Å²) in [7, 11) is 0. The molecule has 30 heavy (non-hydrogen) atoms. The van der Waals surface area contributed by atoms with Gasteiger partial charge in [-0.2, -0.15) is 0 Å². The van der Waals surface area contributed by atoms with Crippen molar-refractivity contribution in [1.82, 2.24) is 29.0 Å². The van der Waals surface area contributed by atoms with Crippen LogP contribution in [0.1, 0.15) is 30.8 Å². The third kappa shape index (κ3) is 4.11. The number of fused-ring (bicyclic) bond motifs is 1. The molecule has 0 amide bonds. The molecule has 0 bridgehead atoms. The molecule has 0 unspecified atom stereocenters. The number of imidazole rings is 1. The Balaban J connectivity index is 1.42. The van der Waals surface area contributed by atoms with E-state index in [0.29, 0.717) is 5.75 Å². The maximum absolute atomic E-state index is 13.5. The average molecular weight is 423 g/mol. The van der Waals surface area contributed by atoms with E-state index in [1.807, 2.05) is 35.0 Å². The third-order valence-corrected chi connectivity index (χ3v) is 6.32. The number of thioether (sulfide) groups is 1. The van der Waals surface area contributed by atoms with Crippen LogP contribution in [-0.4, -0.2) is 42.1 Å². The van der Waals surface area contributed by atoms with Gasteiger partial charge in [0.05, 0.1) is 12.2 Å². The number of hydrogen-bond acceptors (Lipinski definition) is 5. The van der Waals surface area contributed by atoms with Crippen LogP contribution < -0.4 is 0 Å². The monoisotopic (exact) mass is 422 g/mol. The minimum Gasteiger partial charge on any atom is -0.307 e. The number of halogens is 1. The van der Waals surface area contributed by atoms with Crippen LogP contribution in [0.2, 0.25) is 0 Å². The number of hydrogen-bond donors (Lipinski definition) is 0. The van der Waals surface area contributed by atoms with Gasteiger partial charge in [-0.1, -0.05) is 24.2 Å². The van der Waals surface area contributed by atoms with Crippen LogP contribution in [0.3, 0.4) is 0 Å². The molecular formula is C22H23FN6S. The largest absolute Gasteiger partial charge is 0.307 e. The molecule has 1 aromatic carbocycles. The lowest BCUT2D eigenvalue weighted by Gasteiger charge is -2.26. The van der Waals surface area contributed by atoms with Gasteiger partial charge in [0, 0.05) is 23.8 Å². The van der Waals surface area contributed by atoms with Crippen molar-refractivity contribution < 1.29 is 4.39 Å². The van der Waals surface area contributed by atoms with Crippen molar-refractivity contribution in [2.75, 3.05) is 13.1 Å². The number of piperidine rings is 1. The van der Waals surface area contributed by atoms with Crippen molar-refractivity contribution in [2.24, 2.45) is 0 Å². The fraction of sp³-hybridized carbons (Fsp3) is 0.318. The molecule has 6 nitrogen and oxygen atoms in total. The molecule has 154 valence electrons. The Labute approximate surface area is 178 Å². The Morgan fingerprint density at radius 2 is 1.80 bits per heavy atom. The van der Waals surface area contributed by atoms with Gasteiger partial charge in [0.1, 0.15) is 11.5 Å². The van der Waals surface area contributed by atoms with E-state index in [0.717, 1.165) is 47.6 Å². The fourth-order valence-electron chi connectivity index (χ4n) is 3.86. The lowest BCUT2D eigenvalue weighted by atomic mass is 10.1. The zero-order chi connectivity index (χ0) is 20.3. The number of rotatable bonds is 6. The molecule has 0 atom stereocenters.